The van der Waals surface area contributed by atoms with Gasteiger partial charge in [0.25, 0.3) is 0 Å². The molecule has 0 heterocycles. The van der Waals surface area contributed by atoms with Crippen LogP contribution in [0.2, 0.25) is 0 Å². The summed E-state index contributed by atoms with van der Waals surface area (Å²) in [5, 5.41) is 0. The van der Waals surface area contributed by atoms with Crippen molar-refractivity contribution in [2.75, 3.05) is 6.61 Å². The maximum Gasteiger partial charge on any atom is 0.186 e. The van der Waals surface area contributed by atoms with Crippen LogP contribution in [0.1, 0.15) is 6.92 Å². The molecule has 0 bridgehead atoms. The van der Waals surface area contributed by atoms with Crippen LogP contribution in [0, 0.1) is 0 Å². The van der Waals surface area contributed by atoms with Crippen molar-refractivity contribution in [3.8, 4) is 5.75 Å². The first-order chi connectivity index (χ1) is 6.20. The summed E-state index contributed by atoms with van der Waals surface area (Å²) >= 11 is 0. The molecule has 1 aromatic rings. The summed E-state index contributed by atoms with van der Waals surface area (Å²) in [5.74, 6) is 0.598. The Bertz CT molecular complexity index is 270. The van der Waals surface area contributed by atoms with Crippen LogP contribution in [0.15, 0.2) is 30.3 Å². The van der Waals surface area contributed by atoms with Crippen LogP contribution in [0.3, 0.4) is 0 Å². The van der Waals surface area contributed by atoms with Crippen molar-refractivity contribution >= 4 is 5.78 Å². The zero-order valence-electron chi connectivity index (χ0n) is 7.57. The highest BCUT2D eigenvalue weighted by Crippen LogP contribution is 2.07. The molecule has 0 saturated heterocycles. The van der Waals surface area contributed by atoms with Crippen LogP contribution < -0.4 is 10.5 Å². The van der Waals surface area contributed by atoms with E-state index in [0.717, 1.165) is 0 Å². The van der Waals surface area contributed by atoms with E-state index in [-0.39, 0.29) is 12.4 Å². The van der Waals surface area contributed by atoms with Gasteiger partial charge in [-0.15, -0.1) is 0 Å². The molecule has 1 atom stereocenters. The highest BCUT2D eigenvalue weighted by atomic mass is 16.5. The lowest BCUT2D eigenvalue weighted by Crippen LogP contribution is -2.31. The van der Waals surface area contributed by atoms with E-state index in [1.165, 1.54) is 0 Å². The zero-order valence-corrected chi connectivity index (χ0v) is 7.57. The predicted molar refractivity (Wildman–Crippen MR) is 50.6 cm³/mol. The fourth-order valence-electron chi connectivity index (χ4n) is 0.803. The van der Waals surface area contributed by atoms with Crippen molar-refractivity contribution in [2.24, 2.45) is 5.73 Å². The molecule has 70 valence electrons. The number of ketones is 1. The molecule has 0 aliphatic heterocycles. The number of nitrogens with two attached hydrogens (primary N) is 1. The lowest BCUT2D eigenvalue weighted by atomic mass is 10.2. The number of carbonyl (C=O) groups is 1. The van der Waals surface area contributed by atoms with E-state index in [2.05, 4.69) is 0 Å². The maximum atomic E-state index is 11.1. The molecule has 0 aromatic heterocycles. The average Bonchev–Trinajstić information content (AvgIpc) is 2.15. The van der Waals surface area contributed by atoms with E-state index < -0.39 is 6.04 Å². The van der Waals surface area contributed by atoms with Gasteiger partial charge in [0.15, 0.2) is 5.78 Å². The number of hydrogen-bond donors (Lipinski definition) is 1. The van der Waals surface area contributed by atoms with E-state index in [9.17, 15) is 4.79 Å². The van der Waals surface area contributed by atoms with Gasteiger partial charge in [0.1, 0.15) is 12.4 Å². The molecule has 0 aliphatic rings. The van der Waals surface area contributed by atoms with Gasteiger partial charge in [-0.3, -0.25) is 4.79 Å². The third kappa shape index (κ3) is 3.25. The lowest BCUT2D eigenvalue weighted by molar-refractivity contribution is -0.121. The van der Waals surface area contributed by atoms with Gasteiger partial charge in [0.05, 0.1) is 6.04 Å². The van der Waals surface area contributed by atoms with Gasteiger partial charge >= 0.3 is 0 Å². The number of benzene rings is 1. The minimum Gasteiger partial charge on any atom is -0.486 e. The third-order valence-electron chi connectivity index (χ3n) is 1.63. The van der Waals surface area contributed by atoms with Crippen molar-refractivity contribution in [2.45, 2.75) is 13.0 Å². The van der Waals surface area contributed by atoms with Gasteiger partial charge in [-0.25, -0.2) is 0 Å². The second-order valence-electron chi connectivity index (χ2n) is 2.86. The number of Topliss-reactive ketones (excluding diaryl/α,β-unsaturated/α-hetero) is 1. The van der Waals surface area contributed by atoms with E-state index in [1.807, 2.05) is 18.2 Å². The highest BCUT2D eigenvalue weighted by molar-refractivity contribution is 5.84. The molecule has 0 saturated carbocycles. The maximum absolute atomic E-state index is 11.1. The fraction of sp³-hybridized carbons (Fsp3) is 0.300. The molecule has 3 nitrogen and oxygen atoms in total. The Hall–Kier alpha value is -1.35. The standard InChI is InChI=1S/C10H13NO2/c1-8(11)10(12)7-13-9-5-3-2-4-6-9/h2-6,8H,7,11H2,1H3. The summed E-state index contributed by atoms with van der Waals surface area (Å²) in [7, 11) is 0. The first-order valence-electron chi connectivity index (χ1n) is 4.16. The minimum absolute atomic E-state index is 0.0433. The molecule has 2 N–H and O–H groups in total. The van der Waals surface area contributed by atoms with Gasteiger partial charge in [0, 0.05) is 0 Å². The molecule has 1 rings (SSSR count). The van der Waals surface area contributed by atoms with E-state index in [4.69, 9.17) is 10.5 Å². The van der Waals surface area contributed by atoms with E-state index in [0.29, 0.717) is 5.75 Å². The van der Waals surface area contributed by atoms with Gasteiger partial charge in [-0.1, -0.05) is 18.2 Å². The molecule has 0 spiro atoms. The first-order valence-corrected chi connectivity index (χ1v) is 4.16. The SMILES string of the molecule is CC(N)C(=O)COc1ccccc1. The van der Waals surface area contributed by atoms with Gasteiger partial charge in [0.2, 0.25) is 0 Å². The molecule has 0 aliphatic carbocycles. The van der Waals surface area contributed by atoms with Crippen molar-refractivity contribution in [1.82, 2.24) is 0 Å². The Morgan fingerprint density at radius 1 is 1.46 bits per heavy atom. The molecular formula is C10H13NO2. The topological polar surface area (TPSA) is 52.3 Å². The molecule has 0 radical (unpaired) electrons. The van der Waals surface area contributed by atoms with Crippen LogP contribution >= 0.6 is 0 Å². The van der Waals surface area contributed by atoms with Gasteiger partial charge in [-0.2, -0.15) is 0 Å². The second kappa shape index (κ2) is 4.62. The van der Waals surface area contributed by atoms with E-state index >= 15 is 0 Å². The molecule has 0 fully saturated rings. The summed E-state index contributed by atoms with van der Waals surface area (Å²) in [6, 6.07) is 8.74. The molecule has 0 amide bonds. The number of carbonyl (C=O) groups excluding carboxylic acids is 1. The smallest absolute Gasteiger partial charge is 0.186 e. The molecule has 3 heteroatoms. The Balaban J connectivity index is 2.40. The predicted octanol–water partition coefficient (Wildman–Crippen LogP) is 0.982. The van der Waals surface area contributed by atoms with Crippen LogP contribution in [-0.4, -0.2) is 18.4 Å². The first kappa shape index (κ1) is 9.74. The van der Waals surface area contributed by atoms with Gasteiger partial charge in [-0.05, 0) is 19.1 Å². The monoisotopic (exact) mass is 179 g/mol. The molecular weight excluding hydrogens is 166 g/mol. The molecule has 1 unspecified atom stereocenters. The number of ether oxygens (including phenoxy) is 1. The Labute approximate surface area is 77.5 Å². The quantitative estimate of drug-likeness (QED) is 0.749. The summed E-state index contributed by atoms with van der Waals surface area (Å²) in [4.78, 5) is 11.1. The van der Waals surface area contributed by atoms with Crippen LogP contribution in [0.4, 0.5) is 0 Å². The summed E-state index contributed by atoms with van der Waals surface area (Å²) in [5.41, 5.74) is 5.37. The average molecular weight is 179 g/mol. The van der Waals surface area contributed by atoms with Crippen molar-refractivity contribution in [3.63, 3.8) is 0 Å². The Kier molecular flexibility index (Phi) is 3.46. The second-order valence-corrected chi connectivity index (χ2v) is 2.86. The Morgan fingerprint density at radius 3 is 2.62 bits per heavy atom. The molecule has 13 heavy (non-hydrogen) atoms. The van der Waals surface area contributed by atoms with Crippen LogP contribution in [0.25, 0.3) is 0 Å². The number of rotatable bonds is 4. The number of hydrogen-bond acceptors (Lipinski definition) is 3. The highest BCUT2D eigenvalue weighted by Gasteiger charge is 2.07. The normalized spacial score (nSPS) is 12.2. The number of para-hydroxylation sites is 1. The summed E-state index contributed by atoms with van der Waals surface area (Å²) < 4.78 is 5.20. The van der Waals surface area contributed by atoms with Crippen molar-refractivity contribution < 1.29 is 9.53 Å². The van der Waals surface area contributed by atoms with Gasteiger partial charge < -0.3 is 10.5 Å². The summed E-state index contributed by atoms with van der Waals surface area (Å²) in [6.07, 6.45) is 0. The van der Waals surface area contributed by atoms with Crippen LogP contribution in [-0.2, 0) is 4.79 Å². The third-order valence-corrected chi connectivity index (χ3v) is 1.63. The lowest BCUT2D eigenvalue weighted by Gasteiger charge is -2.06. The Morgan fingerprint density at radius 2 is 2.08 bits per heavy atom. The van der Waals surface area contributed by atoms with Crippen LogP contribution in [0.5, 0.6) is 5.75 Å². The summed E-state index contributed by atoms with van der Waals surface area (Å²) in [6.45, 7) is 1.69. The molecule has 1 aromatic carbocycles. The fourth-order valence-corrected chi connectivity index (χ4v) is 0.803. The van der Waals surface area contributed by atoms with Crippen molar-refractivity contribution in [3.05, 3.63) is 30.3 Å². The van der Waals surface area contributed by atoms with E-state index in [1.54, 1.807) is 19.1 Å². The largest absolute Gasteiger partial charge is 0.486 e. The minimum atomic E-state index is -0.455. The zero-order chi connectivity index (χ0) is 9.68. The van der Waals surface area contributed by atoms with Crippen molar-refractivity contribution in [1.29, 1.82) is 0 Å².